The van der Waals surface area contributed by atoms with Gasteiger partial charge in [0.05, 0.1) is 6.54 Å². The van der Waals surface area contributed by atoms with Crippen molar-refractivity contribution in [1.82, 2.24) is 4.90 Å². The summed E-state index contributed by atoms with van der Waals surface area (Å²) in [6.07, 6.45) is 3.58. The topological polar surface area (TPSA) is 3.24 Å². The van der Waals surface area contributed by atoms with E-state index in [4.69, 9.17) is 0 Å². The summed E-state index contributed by atoms with van der Waals surface area (Å²) in [4.78, 5) is 0.620. The zero-order valence-electron chi connectivity index (χ0n) is 5.10. The average Bonchev–Trinajstić information content (AvgIpc) is 1.88. The molecule has 0 aliphatic carbocycles. The number of alkyl halides is 2. The van der Waals surface area contributed by atoms with E-state index in [1.165, 1.54) is 12.2 Å². The summed E-state index contributed by atoms with van der Waals surface area (Å²) in [5.74, 6) is -0.539. The van der Waals surface area contributed by atoms with E-state index >= 15 is 0 Å². The Bertz CT molecular complexity index is 174. The molecule has 56 valence electrons. The van der Waals surface area contributed by atoms with Gasteiger partial charge in [-0.25, -0.2) is 4.39 Å². The highest BCUT2D eigenvalue weighted by Crippen LogP contribution is 2.12. The Kier molecular flexibility index (Phi) is 1.99. The maximum absolute atomic E-state index is 12.2. The summed E-state index contributed by atoms with van der Waals surface area (Å²) in [6.45, 7) is -2.94. The van der Waals surface area contributed by atoms with Crippen molar-refractivity contribution in [1.29, 1.82) is 0 Å². The first kappa shape index (κ1) is 7.18. The van der Waals surface area contributed by atoms with Crippen molar-refractivity contribution in [3.8, 4) is 0 Å². The number of hydrogen-bond donors (Lipinski definition) is 0. The normalized spacial score (nSPS) is 18.0. The van der Waals surface area contributed by atoms with Crippen LogP contribution in [0.25, 0.3) is 0 Å². The van der Waals surface area contributed by atoms with Gasteiger partial charge in [-0.1, -0.05) is 0 Å². The number of nitrogens with zero attached hydrogens (tertiary/aromatic N) is 1. The fourth-order valence-corrected chi connectivity index (χ4v) is 0.672. The Hall–Kier alpha value is -0.930. The van der Waals surface area contributed by atoms with Crippen molar-refractivity contribution in [3.63, 3.8) is 0 Å². The molecule has 0 saturated heterocycles. The molecule has 0 atom stereocenters. The first-order chi connectivity index (χ1) is 4.70. The second-order valence-electron chi connectivity index (χ2n) is 1.91. The van der Waals surface area contributed by atoms with Crippen LogP contribution in [0.1, 0.15) is 0 Å². The van der Waals surface area contributed by atoms with E-state index in [0.717, 1.165) is 6.20 Å². The molecule has 1 heterocycles. The van der Waals surface area contributed by atoms with Crippen molar-refractivity contribution in [3.05, 3.63) is 24.2 Å². The highest BCUT2D eigenvalue weighted by atomic mass is 19.3. The van der Waals surface area contributed by atoms with Gasteiger partial charge in [0.15, 0.2) is 0 Å². The molecule has 0 aromatic heterocycles. The molecule has 4 heteroatoms. The molecule has 0 bridgehead atoms. The molecule has 0 radical (unpaired) electrons. The van der Waals surface area contributed by atoms with Gasteiger partial charge in [0.2, 0.25) is 0 Å². The maximum Gasteiger partial charge on any atom is 0.315 e. The van der Waals surface area contributed by atoms with Gasteiger partial charge in [-0.15, -0.1) is 0 Å². The van der Waals surface area contributed by atoms with Crippen LogP contribution >= 0.6 is 0 Å². The molecule has 10 heavy (non-hydrogen) atoms. The van der Waals surface area contributed by atoms with Crippen LogP contribution in [0.3, 0.4) is 0 Å². The molecule has 1 aliphatic heterocycles. The smallest absolute Gasteiger partial charge is 0.315 e. The third kappa shape index (κ3) is 1.52. The molecule has 0 amide bonds. The van der Waals surface area contributed by atoms with Gasteiger partial charge in [0, 0.05) is 6.20 Å². The van der Waals surface area contributed by atoms with Gasteiger partial charge < -0.3 is 4.90 Å². The van der Waals surface area contributed by atoms with Crippen molar-refractivity contribution in [2.75, 3.05) is 6.54 Å². The van der Waals surface area contributed by atoms with E-state index in [1.807, 2.05) is 0 Å². The van der Waals surface area contributed by atoms with Crippen LogP contribution in [-0.4, -0.2) is 18.0 Å². The molecular weight excluding hydrogens is 143 g/mol. The van der Waals surface area contributed by atoms with Gasteiger partial charge >= 0.3 is 6.55 Å². The fourth-order valence-electron chi connectivity index (χ4n) is 0.672. The monoisotopic (exact) mass is 149 g/mol. The quantitative estimate of drug-likeness (QED) is 0.514. The van der Waals surface area contributed by atoms with Crippen molar-refractivity contribution in [2.24, 2.45) is 0 Å². The summed E-state index contributed by atoms with van der Waals surface area (Å²) < 4.78 is 35.8. The highest BCUT2D eigenvalue weighted by Gasteiger charge is 2.14. The van der Waals surface area contributed by atoms with Crippen LogP contribution in [0, 0.1) is 0 Å². The zero-order chi connectivity index (χ0) is 7.56. The number of allylic oxidation sites excluding steroid dienone is 2. The zero-order valence-corrected chi connectivity index (χ0v) is 5.10. The Labute approximate surface area is 56.4 Å². The summed E-state index contributed by atoms with van der Waals surface area (Å²) >= 11 is 0. The van der Waals surface area contributed by atoms with Gasteiger partial charge in [0.1, 0.15) is 5.83 Å². The van der Waals surface area contributed by atoms with E-state index < -0.39 is 12.4 Å². The van der Waals surface area contributed by atoms with E-state index in [-0.39, 0.29) is 6.54 Å². The van der Waals surface area contributed by atoms with E-state index in [1.54, 1.807) is 0 Å². The Morgan fingerprint density at radius 1 is 1.50 bits per heavy atom. The first-order valence-corrected chi connectivity index (χ1v) is 2.77. The van der Waals surface area contributed by atoms with E-state index in [0.29, 0.717) is 4.90 Å². The third-order valence-corrected chi connectivity index (χ3v) is 1.14. The summed E-state index contributed by atoms with van der Waals surface area (Å²) in [5, 5.41) is 0. The molecule has 1 nitrogen and oxygen atoms in total. The summed E-state index contributed by atoms with van der Waals surface area (Å²) in [7, 11) is 0. The lowest BCUT2D eigenvalue weighted by molar-refractivity contribution is 0.00791. The van der Waals surface area contributed by atoms with Gasteiger partial charge in [-0.3, -0.25) is 0 Å². The molecule has 0 unspecified atom stereocenters. The lowest BCUT2D eigenvalue weighted by Gasteiger charge is -2.19. The van der Waals surface area contributed by atoms with Crippen LogP contribution in [0.5, 0.6) is 0 Å². The van der Waals surface area contributed by atoms with Crippen molar-refractivity contribution < 1.29 is 13.2 Å². The largest absolute Gasteiger partial charge is 0.316 e. The van der Waals surface area contributed by atoms with Gasteiger partial charge in [-0.2, -0.15) is 8.78 Å². The molecule has 1 aliphatic rings. The Morgan fingerprint density at radius 3 is 2.60 bits per heavy atom. The number of halogens is 3. The van der Waals surface area contributed by atoms with Gasteiger partial charge in [-0.05, 0) is 12.2 Å². The second kappa shape index (κ2) is 2.77. The second-order valence-corrected chi connectivity index (χ2v) is 1.91. The molecule has 0 aromatic carbocycles. The highest BCUT2D eigenvalue weighted by molar-refractivity contribution is 5.13. The van der Waals surface area contributed by atoms with E-state index in [9.17, 15) is 13.2 Å². The van der Waals surface area contributed by atoms with Crippen LogP contribution < -0.4 is 0 Å². The Balaban J connectivity index is 2.55. The van der Waals surface area contributed by atoms with Gasteiger partial charge in [0.25, 0.3) is 0 Å². The fraction of sp³-hybridized carbons (Fsp3) is 0.333. The summed E-state index contributed by atoms with van der Waals surface area (Å²) in [5.41, 5.74) is 0. The molecule has 0 saturated carbocycles. The molecule has 0 fully saturated rings. The predicted octanol–water partition coefficient (Wildman–Crippen LogP) is 1.89. The molecular formula is C6H6F3N. The molecule has 0 N–H and O–H groups in total. The van der Waals surface area contributed by atoms with Crippen molar-refractivity contribution >= 4 is 0 Å². The van der Waals surface area contributed by atoms with Crippen LogP contribution in [-0.2, 0) is 0 Å². The minimum absolute atomic E-state index is 0.325. The molecule has 0 aromatic rings. The number of hydrogen-bond acceptors (Lipinski definition) is 1. The minimum atomic E-state index is -2.62. The number of rotatable bonds is 1. The molecule has 0 spiro atoms. The average molecular weight is 149 g/mol. The van der Waals surface area contributed by atoms with Crippen LogP contribution in [0.2, 0.25) is 0 Å². The SMILES string of the molecule is FC1=CC=CN(C(F)F)C1. The first-order valence-electron chi connectivity index (χ1n) is 2.77. The lowest BCUT2D eigenvalue weighted by atomic mass is 10.3. The van der Waals surface area contributed by atoms with E-state index in [2.05, 4.69) is 0 Å². The maximum atomic E-state index is 12.2. The van der Waals surface area contributed by atoms with Crippen LogP contribution in [0.4, 0.5) is 13.2 Å². The minimum Gasteiger partial charge on any atom is -0.316 e. The summed E-state index contributed by atoms with van der Waals surface area (Å²) in [6, 6.07) is 0. The third-order valence-electron chi connectivity index (χ3n) is 1.14. The van der Waals surface area contributed by atoms with Crippen LogP contribution in [0.15, 0.2) is 24.2 Å². The molecule has 1 rings (SSSR count). The van der Waals surface area contributed by atoms with Crippen molar-refractivity contribution in [2.45, 2.75) is 6.55 Å². The lowest BCUT2D eigenvalue weighted by Crippen LogP contribution is -2.26. The Morgan fingerprint density at radius 2 is 2.20 bits per heavy atom. The predicted molar refractivity (Wildman–Crippen MR) is 31.0 cm³/mol. The standard InChI is InChI=1S/C6H6F3N/c7-5-2-1-3-10(4-5)6(8)9/h1-3,6H,4H2.